The third-order valence-electron chi connectivity index (χ3n) is 2.09. The topological polar surface area (TPSA) is 0 Å². The Hall–Kier alpha value is 0.0500. The van der Waals surface area contributed by atoms with Gasteiger partial charge in [0.15, 0.2) is 0 Å². The fourth-order valence-corrected chi connectivity index (χ4v) is 3.46. The first kappa shape index (κ1) is 8.64. The zero-order valence-corrected chi connectivity index (χ0v) is 9.14. The van der Waals surface area contributed by atoms with E-state index in [1.807, 2.05) is 11.8 Å². The lowest BCUT2D eigenvalue weighted by molar-refractivity contribution is 1.02. The van der Waals surface area contributed by atoms with E-state index >= 15 is 0 Å². The Morgan fingerprint density at radius 1 is 1.33 bits per heavy atom. The highest BCUT2D eigenvalue weighted by Crippen LogP contribution is 2.45. The van der Waals surface area contributed by atoms with Gasteiger partial charge in [0.1, 0.15) is 0 Å². The van der Waals surface area contributed by atoms with Gasteiger partial charge in [0.05, 0.1) is 0 Å². The lowest BCUT2D eigenvalue weighted by Gasteiger charge is -1.97. The van der Waals surface area contributed by atoms with E-state index in [-0.39, 0.29) is 0 Å². The third kappa shape index (κ3) is 2.05. The zero-order chi connectivity index (χ0) is 8.39. The van der Waals surface area contributed by atoms with Gasteiger partial charge in [0.2, 0.25) is 0 Å². The van der Waals surface area contributed by atoms with Crippen LogP contribution in [0.2, 0.25) is 0 Å². The molecule has 0 heterocycles. The van der Waals surface area contributed by atoms with Crippen LogP contribution in [0, 0.1) is 5.92 Å². The maximum atomic E-state index is 3.52. The smallest absolute Gasteiger partial charge is 0.0134 e. The molecule has 64 valence electrons. The minimum atomic E-state index is 0.867. The van der Waals surface area contributed by atoms with E-state index in [1.165, 1.54) is 11.3 Å². The number of hydrogen-bond donors (Lipinski definition) is 0. The van der Waals surface area contributed by atoms with Crippen LogP contribution in [-0.2, 0) is 0 Å². The number of rotatable bonds is 3. The summed E-state index contributed by atoms with van der Waals surface area (Å²) in [4.78, 5) is 1.41. The van der Waals surface area contributed by atoms with Gasteiger partial charge in [0, 0.05) is 15.5 Å². The van der Waals surface area contributed by atoms with Crippen molar-refractivity contribution in [3.63, 3.8) is 0 Å². The number of alkyl halides is 1. The molecule has 2 atom stereocenters. The highest BCUT2D eigenvalue weighted by Gasteiger charge is 2.36. The van der Waals surface area contributed by atoms with Gasteiger partial charge in [-0.3, -0.25) is 0 Å². The summed E-state index contributed by atoms with van der Waals surface area (Å²) in [6, 6.07) is 10.7. The average Bonchev–Trinajstić information content (AvgIpc) is 2.85. The van der Waals surface area contributed by atoms with E-state index in [0.29, 0.717) is 0 Å². The summed E-state index contributed by atoms with van der Waals surface area (Å²) < 4.78 is 0. The van der Waals surface area contributed by atoms with Gasteiger partial charge in [-0.1, -0.05) is 34.1 Å². The van der Waals surface area contributed by atoms with E-state index in [9.17, 15) is 0 Å². The van der Waals surface area contributed by atoms with E-state index in [4.69, 9.17) is 0 Å². The van der Waals surface area contributed by atoms with Crippen LogP contribution >= 0.6 is 27.7 Å². The molecule has 0 unspecified atom stereocenters. The highest BCUT2D eigenvalue weighted by atomic mass is 79.9. The van der Waals surface area contributed by atoms with Crippen LogP contribution in [0.25, 0.3) is 0 Å². The van der Waals surface area contributed by atoms with Crippen LogP contribution in [0.5, 0.6) is 0 Å². The van der Waals surface area contributed by atoms with Crippen molar-refractivity contribution in [2.24, 2.45) is 5.92 Å². The van der Waals surface area contributed by atoms with Gasteiger partial charge in [-0.2, -0.15) is 0 Å². The second-order valence-corrected chi connectivity index (χ2v) is 5.08. The molecule has 12 heavy (non-hydrogen) atoms. The Morgan fingerprint density at radius 3 is 2.67 bits per heavy atom. The fourth-order valence-electron chi connectivity index (χ4n) is 1.20. The van der Waals surface area contributed by atoms with Crippen molar-refractivity contribution < 1.29 is 0 Å². The quantitative estimate of drug-likeness (QED) is 0.731. The van der Waals surface area contributed by atoms with Crippen molar-refractivity contribution in [1.82, 2.24) is 0 Å². The molecular formula is C10H11BrS. The molecule has 0 saturated heterocycles. The minimum Gasteiger partial charge on any atom is -0.122 e. The van der Waals surface area contributed by atoms with E-state index < -0.39 is 0 Å². The van der Waals surface area contributed by atoms with Crippen molar-refractivity contribution in [1.29, 1.82) is 0 Å². The number of thioether (sulfide) groups is 1. The van der Waals surface area contributed by atoms with E-state index in [2.05, 4.69) is 46.3 Å². The van der Waals surface area contributed by atoms with Gasteiger partial charge in [-0.25, -0.2) is 0 Å². The van der Waals surface area contributed by atoms with Gasteiger partial charge >= 0.3 is 0 Å². The van der Waals surface area contributed by atoms with Crippen LogP contribution < -0.4 is 0 Å². The lowest BCUT2D eigenvalue weighted by atomic mass is 10.4. The van der Waals surface area contributed by atoms with Crippen LogP contribution in [0.4, 0.5) is 0 Å². The average molecular weight is 243 g/mol. The molecule has 0 bridgehead atoms. The fraction of sp³-hybridized carbons (Fsp3) is 0.400. The summed E-state index contributed by atoms with van der Waals surface area (Å²) in [5.74, 6) is 0.912. The molecule has 2 heteroatoms. The van der Waals surface area contributed by atoms with Crippen molar-refractivity contribution in [3.05, 3.63) is 30.3 Å². The van der Waals surface area contributed by atoms with E-state index in [1.54, 1.807) is 0 Å². The Bertz CT molecular complexity index is 247. The molecule has 0 spiro atoms. The van der Waals surface area contributed by atoms with Gasteiger partial charge < -0.3 is 0 Å². The van der Waals surface area contributed by atoms with Crippen molar-refractivity contribution in [2.45, 2.75) is 16.6 Å². The SMILES string of the molecule is BrC[C@H]1C[C@H]1Sc1ccccc1. The maximum absolute atomic E-state index is 3.52. The molecule has 0 nitrogen and oxygen atoms in total. The number of benzene rings is 1. The largest absolute Gasteiger partial charge is 0.122 e. The summed E-state index contributed by atoms with van der Waals surface area (Å²) in [5, 5.41) is 2.03. The summed E-state index contributed by atoms with van der Waals surface area (Å²) >= 11 is 5.53. The van der Waals surface area contributed by atoms with Gasteiger partial charge in [-0.15, -0.1) is 11.8 Å². The van der Waals surface area contributed by atoms with Crippen LogP contribution in [0.15, 0.2) is 35.2 Å². The first-order valence-electron chi connectivity index (χ1n) is 4.18. The standard InChI is InChI=1S/C10H11BrS/c11-7-8-6-10(8)12-9-4-2-1-3-5-9/h1-5,8,10H,6-7H2/t8-,10-/m1/s1. The Labute approximate surface area is 85.9 Å². The normalized spacial score (nSPS) is 27.1. The van der Waals surface area contributed by atoms with Gasteiger partial charge in [0.25, 0.3) is 0 Å². The van der Waals surface area contributed by atoms with Gasteiger partial charge in [-0.05, 0) is 24.5 Å². The second-order valence-electron chi connectivity index (χ2n) is 3.12. The third-order valence-corrected chi connectivity index (χ3v) is 4.34. The highest BCUT2D eigenvalue weighted by molar-refractivity contribution is 9.09. The zero-order valence-electron chi connectivity index (χ0n) is 6.74. The molecule has 0 amide bonds. The van der Waals surface area contributed by atoms with Crippen molar-refractivity contribution in [2.75, 3.05) is 5.33 Å². The summed E-state index contributed by atoms with van der Waals surface area (Å²) in [6.07, 6.45) is 1.38. The lowest BCUT2D eigenvalue weighted by Crippen LogP contribution is -1.82. The van der Waals surface area contributed by atoms with Crippen LogP contribution in [0.3, 0.4) is 0 Å². The first-order valence-corrected chi connectivity index (χ1v) is 6.18. The first-order chi connectivity index (χ1) is 5.90. The molecule has 0 radical (unpaired) electrons. The maximum Gasteiger partial charge on any atom is 0.0134 e. The van der Waals surface area contributed by atoms with Crippen molar-refractivity contribution in [3.8, 4) is 0 Å². The Balaban J connectivity index is 1.89. The molecule has 2 rings (SSSR count). The van der Waals surface area contributed by atoms with Crippen LogP contribution in [-0.4, -0.2) is 10.6 Å². The molecule has 0 aliphatic heterocycles. The van der Waals surface area contributed by atoms with E-state index in [0.717, 1.165) is 16.5 Å². The molecular weight excluding hydrogens is 232 g/mol. The second kappa shape index (κ2) is 3.84. The molecule has 0 aromatic heterocycles. The van der Waals surface area contributed by atoms with Crippen molar-refractivity contribution >= 4 is 27.7 Å². The summed E-state index contributed by atoms with van der Waals surface area (Å²) in [6.45, 7) is 0. The summed E-state index contributed by atoms with van der Waals surface area (Å²) in [5.41, 5.74) is 0. The van der Waals surface area contributed by atoms with Crippen LogP contribution in [0.1, 0.15) is 6.42 Å². The number of halogens is 1. The Kier molecular flexibility index (Phi) is 2.76. The minimum absolute atomic E-state index is 0.867. The number of hydrogen-bond acceptors (Lipinski definition) is 1. The molecule has 0 N–H and O–H groups in total. The monoisotopic (exact) mass is 242 g/mol. The predicted octanol–water partition coefficient (Wildman–Crippen LogP) is 3.56. The molecule has 1 saturated carbocycles. The Morgan fingerprint density at radius 2 is 2.08 bits per heavy atom. The molecule has 1 aliphatic rings. The molecule has 1 fully saturated rings. The summed E-state index contributed by atoms with van der Waals surface area (Å²) in [7, 11) is 0. The molecule has 1 aliphatic carbocycles. The predicted molar refractivity (Wildman–Crippen MR) is 58.0 cm³/mol. The molecule has 1 aromatic carbocycles. The molecule has 1 aromatic rings.